The molecular weight excluding hydrogens is 258 g/mol. The Kier molecular flexibility index (Phi) is 5.33. The van der Waals surface area contributed by atoms with Crippen LogP contribution in [0.3, 0.4) is 0 Å². The second-order valence-electron chi connectivity index (χ2n) is 3.49. The molecule has 1 aromatic carbocycles. The fraction of sp³-hybridized carbons (Fsp3) is 0.333. The fourth-order valence-corrected chi connectivity index (χ4v) is 2.36. The van der Waals surface area contributed by atoms with E-state index in [1.54, 1.807) is 25.1 Å². The number of esters is 1. The predicted octanol–water partition coefficient (Wildman–Crippen LogP) is 3.11. The molecule has 1 rings (SSSR count). The summed E-state index contributed by atoms with van der Waals surface area (Å²) in [5.74, 6) is 0.125. The molecule has 0 fully saturated rings. The summed E-state index contributed by atoms with van der Waals surface area (Å²) in [4.78, 5) is 12.0. The smallest absolute Gasteiger partial charge is 0.309 e. The molecule has 90 valence electrons. The van der Waals surface area contributed by atoms with Gasteiger partial charge < -0.3 is 4.74 Å². The van der Waals surface area contributed by atoms with Crippen LogP contribution in [-0.2, 0) is 9.53 Å². The van der Waals surface area contributed by atoms with Crippen molar-refractivity contribution < 1.29 is 9.53 Å². The molecule has 0 heterocycles. The lowest BCUT2D eigenvalue weighted by atomic mass is 10.2. The van der Waals surface area contributed by atoms with Crippen LogP contribution in [0.4, 0.5) is 0 Å². The van der Waals surface area contributed by atoms with Gasteiger partial charge in [-0.05, 0) is 18.2 Å². The highest BCUT2D eigenvalue weighted by atomic mass is 35.5. The third-order valence-corrected chi connectivity index (χ3v) is 3.72. The van der Waals surface area contributed by atoms with Gasteiger partial charge in [0.15, 0.2) is 0 Å². The molecule has 0 saturated heterocycles. The van der Waals surface area contributed by atoms with Crippen molar-refractivity contribution in [2.75, 3.05) is 12.9 Å². The topological polar surface area (TPSA) is 50.1 Å². The van der Waals surface area contributed by atoms with Gasteiger partial charge >= 0.3 is 5.97 Å². The number of nitriles is 1. The number of hydrogen-bond donors (Lipinski definition) is 0. The molecule has 3 nitrogen and oxygen atoms in total. The Hall–Kier alpha value is -1.18. The average molecular weight is 270 g/mol. The summed E-state index contributed by atoms with van der Waals surface area (Å²) in [6.07, 6.45) is 0. The van der Waals surface area contributed by atoms with Crippen LogP contribution in [0.5, 0.6) is 0 Å². The number of ether oxygens (including phenoxy) is 1. The minimum Gasteiger partial charge on any atom is -0.469 e. The maximum atomic E-state index is 11.2. The fourth-order valence-electron chi connectivity index (χ4n) is 1.20. The highest BCUT2D eigenvalue weighted by Gasteiger charge is 2.14. The Bertz CT molecular complexity index is 456. The van der Waals surface area contributed by atoms with Gasteiger partial charge in [0.1, 0.15) is 6.07 Å². The van der Waals surface area contributed by atoms with E-state index >= 15 is 0 Å². The van der Waals surface area contributed by atoms with Gasteiger partial charge in [0.05, 0.1) is 18.6 Å². The maximum Gasteiger partial charge on any atom is 0.309 e. The van der Waals surface area contributed by atoms with E-state index in [0.29, 0.717) is 16.3 Å². The second-order valence-corrected chi connectivity index (χ2v) is 4.99. The zero-order valence-electron chi connectivity index (χ0n) is 9.57. The van der Waals surface area contributed by atoms with Gasteiger partial charge in [-0.15, -0.1) is 11.8 Å². The van der Waals surface area contributed by atoms with Crippen LogP contribution in [0, 0.1) is 17.2 Å². The van der Waals surface area contributed by atoms with Crippen molar-refractivity contribution in [2.24, 2.45) is 5.92 Å². The molecule has 1 atom stereocenters. The lowest BCUT2D eigenvalue weighted by molar-refractivity contribution is -0.143. The van der Waals surface area contributed by atoms with Crippen LogP contribution in [0.15, 0.2) is 23.1 Å². The van der Waals surface area contributed by atoms with Crippen molar-refractivity contribution in [1.82, 2.24) is 0 Å². The molecule has 0 aliphatic carbocycles. The molecule has 0 aliphatic rings. The first-order chi connectivity index (χ1) is 8.08. The maximum absolute atomic E-state index is 11.2. The summed E-state index contributed by atoms with van der Waals surface area (Å²) >= 11 is 7.25. The molecule has 0 aliphatic heterocycles. The first-order valence-electron chi connectivity index (χ1n) is 4.98. The molecule has 0 radical (unpaired) electrons. The minimum absolute atomic E-state index is 0.202. The molecule has 5 heteroatoms. The molecule has 0 N–H and O–H groups in total. The first kappa shape index (κ1) is 13.9. The lowest BCUT2D eigenvalue weighted by Crippen LogP contribution is -2.14. The van der Waals surface area contributed by atoms with Crippen LogP contribution in [0.25, 0.3) is 0 Å². The highest BCUT2D eigenvalue weighted by molar-refractivity contribution is 7.99. The average Bonchev–Trinajstić information content (AvgIpc) is 2.35. The molecule has 1 unspecified atom stereocenters. The second kappa shape index (κ2) is 6.53. The molecule has 0 aromatic heterocycles. The van der Waals surface area contributed by atoms with Crippen LogP contribution in [0.1, 0.15) is 12.5 Å². The number of methoxy groups -OCH3 is 1. The van der Waals surface area contributed by atoms with Gasteiger partial charge in [-0.25, -0.2) is 0 Å². The molecule has 0 bridgehead atoms. The van der Waals surface area contributed by atoms with E-state index in [4.69, 9.17) is 16.9 Å². The van der Waals surface area contributed by atoms with E-state index in [2.05, 4.69) is 10.8 Å². The van der Waals surface area contributed by atoms with Gasteiger partial charge in [0.2, 0.25) is 0 Å². The van der Waals surface area contributed by atoms with Crippen LogP contribution >= 0.6 is 23.4 Å². The van der Waals surface area contributed by atoms with E-state index in [1.807, 2.05) is 0 Å². The van der Waals surface area contributed by atoms with Gasteiger partial charge in [0.25, 0.3) is 0 Å². The Labute approximate surface area is 110 Å². The number of hydrogen-bond acceptors (Lipinski definition) is 4. The quantitative estimate of drug-likeness (QED) is 0.622. The Morgan fingerprint density at radius 3 is 2.94 bits per heavy atom. The summed E-state index contributed by atoms with van der Waals surface area (Å²) < 4.78 is 4.64. The van der Waals surface area contributed by atoms with Crippen molar-refractivity contribution in [1.29, 1.82) is 5.26 Å². The van der Waals surface area contributed by atoms with E-state index < -0.39 is 0 Å². The summed E-state index contributed by atoms with van der Waals surface area (Å²) in [5.41, 5.74) is 0.527. The molecule has 0 spiro atoms. The third-order valence-electron chi connectivity index (χ3n) is 2.15. The number of thioether (sulfide) groups is 1. The van der Waals surface area contributed by atoms with Crippen LogP contribution in [-0.4, -0.2) is 18.8 Å². The number of carbonyl (C=O) groups excluding carboxylic acids is 1. The molecular formula is C12H12ClNO2S. The van der Waals surface area contributed by atoms with Crippen molar-refractivity contribution in [3.63, 3.8) is 0 Å². The highest BCUT2D eigenvalue weighted by Crippen LogP contribution is 2.27. The summed E-state index contributed by atoms with van der Waals surface area (Å²) in [6.45, 7) is 1.79. The Balaban J connectivity index is 2.70. The van der Waals surface area contributed by atoms with Crippen molar-refractivity contribution in [2.45, 2.75) is 11.8 Å². The number of benzene rings is 1. The van der Waals surface area contributed by atoms with Crippen LogP contribution < -0.4 is 0 Å². The molecule has 1 aromatic rings. The van der Waals surface area contributed by atoms with Gasteiger partial charge in [0, 0.05) is 15.7 Å². The van der Waals surface area contributed by atoms with E-state index in [9.17, 15) is 4.79 Å². The molecule has 0 amide bonds. The number of carbonyl (C=O) groups is 1. The number of rotatable bonds is 4. The van der Waals surface area contributed by atoms with Gasteiger partial charge in [-0.2, -0.15) is 5.26 Å². The van der Waals surface area contributed by atoms with Gasteiger partial charge in [-0.3, -0.25) is 4.79 Å². The summed E-state index contributed by atoms with van der Waals surface area (Å²) in [6, 6.07) is 7.22. The Morgan fingerprint density at radius 2 is 2.35 bits per heavy atom. The van der Waals surface area contributed by atoms with Crippen molar-refractivity contribution >= 4 is 29.3 Å². The van der Waals surface area contributed by atoms with E-state index in [-0.39, 0.29) is 11.9 Å². The van der Waals surface area contributed by atoms with Gasteiger partial charge in [-0.1, -0.05) is 18.5 Å². The number of halogens is 1. The summed E-state index contributed by atoms with van der Waals surface area (Å²) in [5, 5.41) is 9.48. The third kappa shape index (κ3) is 3.95. The zero-order valence-corrected chi connectivity index (χ0v) is 11.1. The predicted molar refractivity (Wildman–Crippen MR) is 68.1 cm³/mol. The molecule has 17 heavy (non-hydrogen) atoms. The van der Waals surface area contributed by atoms with Crippen LogP contribution in [0.2, 0.25) is 5.02 Å². The molecule has 0 saturated carbocycles. The lowest BCUT2D eigenvalue weighted by Gasteiger charge is -2.09. The number of nitrogens with zero attached hydrogens (tertiary/aromatic N) is 1. The minimum atomic E-state index is -0.245. The zero-order chi connectivity index (χ0) is 12.8. The van der Waals surface area contributed by atoms with Crippen molar-refractivity contribution in [3.05, 3.63) is 28.8 Å². The largest absolute Gasteiger partial charge is 0.469 e. The summed E-state index contributed by atoms with van der Waals surface area (Å²) in [7, 11) is 1.37. The first-order valence-corrected chi connectivity index (χ1v) is 6.35. The monoisotopic (exact) mass is 269 g/mol. The van der Waals surface area contributed by atoms with E-state index in [0.717, 1.165) is 4.90 Å². The normalized spacial score (nSPS) is 11.6. The standard InChI is InChI=1S/C12H12ClNO2S/c1-8(12(15)16-2)7-17-11-4-3-10(13)5-9(11)6-14/h3-5,8H,7H2,1-2H3. The SMILES string of the molecule is COC(=O)C(C)CSc1ccc(Cl)cc1C#N. The van der Waals surface area contributed by atoms with Crippen molar-refractivity contribution in [3.8, 4) is 6.07 Å². The Morgan fingerprint density at radius 1 is 1.65 bits per heavy atom. The van der Waals surface area contributed by atoms with E-state index in [1.165, 1.54) is 18.9 Å².